The van der Waals surface area contributed by atoms with E-state index in [2.05, 4.69) is 4.74 Å². The number of carbonyl (C=O) groups is 1. The van der Waals surface area contributed by atoms with Gasteiger partial charge >= 0.3 is 5.97 Å². The average molecular weight is 315 g/mol. The van der Waals surface area contributed by atoms with Crippen molar-refractivity contribution in [3.63, 3.8) is 0 Å². The van der Waals surface area contributed by atoms with Gasteiger partial charge in [0, 0.05) is 12.6 Å². The minimum atomic E-state index is -3.66. The predicted octanol–water partition coefficient (Wildman–Crippen LogP) is 0.793. The number of hydrogen-bond donors (Lipinski definition) is 1. The Bertz CT molecular complexity index is 566. The number of aliphatic hydroxyl groups excluding tert-OH is 1. The Kier molecular flexibility index (Phi) is 6.32. The maximum atomic E-state index is 12.5. The molecule has 6 nitrogen and oxygen atoms in total. The van der Waals surface area contributed by atoms with Crippen molar-refractivity contribution >= 4 is 16.0 Å². The number of sulfonamides is 1. The lowest BCUT2D eigenvalue weighted by Gasteiger charge is -2.25. The lowest BCUT2D eigenvalue weighted by Crippen LogP contribution is -2.38. The molecule has 0 spiro atoms. The number of benzene rings is 1. The summed E-state index contributed by atoms with van der Waals surface area (Å²) in [6.07, 6.45) is 0.0986. The molecule has 21 heavy (non-hydrogen) atoms. The van der Waals surface area contributed by atoms with Crippen LogP contribution in [-0.2, 0) is 26.0 Å². The van der Waals surface area contributed by atoms with Crippen molar-refractivity contribution in [3.8, 4) is 0 Å². The van der Waals surface area contributed by atoms with Gasteiger partial charge in [-0.1, -0.05) is 12.1 Å². The van der Waals surface area contributed by atoms with Crippen LogP contribution in [0.2, 0.25) is 0 Å². The van der Waals surface area contributed by atoms with Crippen molar-refractivity contribution in [1.29, 1.82) is 0 Å². The molecule has 1 aromatic rings. The fourth-order valence-corrected chi connectivity index (χ4v) is 3.54. The molecule has 0 bridgehead atoms. The summed E-state index contributed by atoms with van der Waals surface area (Å²) in [5.74, 6) is -0.380. The van der Waals surface area contributed by atoms with Crippen LogP contribution >= 0.6 is 0 Å². The van der Waals surface area contributed by atoms with Gasteiger partial charge in [-0.05, 0) is 31.5 Å². The van der Waals surface area contributed by atoms with E-state index in [1.54, 1.807) is 26.0 Å². The first kappa shape index (κ1) is 17.6. The molecule has 0 radical (unpaired) electrons. The van der Waals surface area contributed by atoms with Gasteiger partial charge < -0.3 is 9.84 Å². The quantitative estimate of drug-likeness (QED) is 0.752. The van der Waals surface area contributed by atoms with Crippen molar-refractivity contribution in [1.82, 2.24) is 4.31 Å². The molecular formula is C14H21NO5S. The molecule has 0 heterocycles. The number of nitrogens with zero attached hydrogens (tertiary/aromatic N) is 1. The highest BCUT2D eigenvalue weighted by molar-refractivity contribution is 7.89. The summed E-state index contributed by atoms with van der Waals surface area (Å²) in [7, 11) is -2.35. The summed E-state index contributed by atoms with van der Waals surface area (Å²) < 4.78 is 30.8. The third kappa shape index (κ3) is 4.52. The Morgan fingerprint density at radius 1 is 1.29 bits per heavy atom. The fourth-order valence-electron chi connectivity index (χ4n) is 1.91. The summed E-state index contributed by atoms with van der Waals surface area (Å²) in [5, 5.41) is 9.01. The van der Waals surface area contributed by atoms with Crippen molar-refractivity contribution in [2.24, 2.45) is 0 Å². The van der Waals surface area contributed by atoms with Gasteiger partial charge in [0.1, 0.15) is 0 Å². The summed E-state index contributed by atoms with van der Waals surface area (Å²) >= 11 is 0. The lowest BCUT2D eigenvalue weighted by atomic mass is 10.2. The molecule has 0 aromatic heterocycles. The molecular weight excluding hydrogens is 294 g/mol. The van der Waals surface area contributed by atoms with E-state index >= 15 is 0 Å². The van der Waals surface area contributed by atoms with Crippen LogP contribution in [0.25, 0.3) is 0 Å². The Morgan fingerprint density at radius 3 is 2.29 bits per heavy atom. The third-order valence-electron chi connectivity index (χ3n) is 3.00. The largest absolute Gasteiger partial charge is 0.469 e. The first-order chi connectivity index (χ1) is 9.82. The topological polar surface area (TPSA) is 83.9 Å². The normalized spacial score (nSPS) is 11.9. The van der Waals surface area contributed by atoms with Crippen LogP contribution in [0.5, 0.6) is 0 Å². The Morgan fingerprint density at radius 2 is 1.86 bits per heavy atom. The van der Waals surface area contributed by atoms with Gasteiger partial charge in [-0.25, -0.2) is 8.42 Å². The number of aliphatic hydroxyl groups is 1. The molecule has 0 saturated carbocycles. The highest BCUT2D eigenvalue weighted by Gasteiger charge is 2.26. The van der Waals surface area contributed by atoms with E-state index in [0.717, 1.165) is 0 Å². The molecule has 1 N–H and O–H groups in total. The summed E-state index contributed by atoms with van der Waals surface area (Å²) in [5.41, 5.74) is 0.680. The number of methoxy groups -OCH3 is 1. The van der Waals surface area contributed by atoms with E-state index in [0.29, 0.717) is 5.56 Å². The van der Waals surface area contributed by atoms with E-state index in [4.69, 9.17) is 5.11 Å². The maximum absolute atomic E-state index is 12.5. The fraction of sp³-hybridized carbons (Fsp3) is 0.500. The monoisotopic (exact) mass is 315 g/mol. The molecule has 0 aliphatic rings. The number of rotatable bonds is 7. The number of carbonyl (C=O) groups excluding carboxylic acids is 1. The van der Waals surface area contributed by atoms with Crippen molar-refractivity contribution in [2.45, 2.75) is 31.2 Å². The van der Waals surface area contributed by atoms with Crippen LogP contribution in [0, 0.1) is 0 Å². The highest BCUT2D eigenvalue weighted by atomic mass is 32.2. The smallest absolute Gasteiger partial charge is 0.309 e. The second kappa shape index (κ2) is 7.53. The van der Waals surface area contributed by atoms with E-state index in [1.165, 1.54) is 23.5 Å². The first-order valence-corrected chi connectivity index (χ1v) is 8.05. The molecule has 1 aromatic carbocycles. The van der Waals surface area contributed by atoms with Gasteiger partial charge in [-0.15, -0.1) is 0 Å². The average Bonchev–Trinajstić information content (AvgIpc) is 2.44. The zero-order chi connectivity index (χ0) is 16.0. The minimum Gasteiger partial charge on any atom is -0.469 e. The van der Waals surface area contributed by atoms with E-state index in [-0.39, 0.29) is 36.5 Å². The van der Waals surface area contributed by atoms with E-state index < -0.39 is 10.0 Å². The number of ether oxygens (including phenoxy) is 1. The minimum absolute atomic E-state index is 0.0455. The van der Waals surface area contributed by atoms with E-state index in [1.807, 2.05) is 0 Å². The third-order valence-corrected chi connectivity index (χ3v) is 5.09. The zero-order valence-electron chi connectivity index (χ0n) is 12.4. The van der Waals surface area contributed by atoms with Crippen LogP contribution in [0.15, 0.2) is 29.2 Å². The second-order valence-corrected chi connectivity index (χ2v) is 6.72. The van der Waals surface area contributed by atoms with Gasteiger partial charge in [0.2, 0.25) is 10.0 Å². The van der Waals surface area contributed by atoms with Crippen LogP contribution in [0.4, 0.5) is 0 Å². The SMILES string of the molecule is COC(=O)Cc1ccc(S(=O)(=O)N(CCO)C(C)C)cc1. The second-order valence-electron chi connectivity index (χ2n) is 4.83. The van der Waals surface area contributed by atoms with E-state index in [9.17, 15) is 13.2 Å². The van der Waals surface area contributed by atoms with Crippen LogP contribution in [0.3, 0.4) is 0 Å². The molecule has 0 unspecified atom stereocenters. The summed E-state index contributed by atoms with van der Waals surface area (Å²) in [4.78, 5) is 11.3. The number of hydrogen-bond acceptors (Lipinski definition) is 5. The number of esters is 1. The van der Waals surface area contributed by atoms with Gasteiger partial charge in [0.25, 0.3) is 0 Å². The standard InChI is InChI=1S/C14H21NO5S/c1-11(2)15(8-9-16)21(18,19)13-6-4-12(5-7-13)10-14(17)20-3/h4-7,11,16H,8-10H2,1-3H3. The van der Waals surface area contributed by atoms with Crippen LogP contribution < -0.4 is 0 Å². The Balaban J connectivity index is 3.01. The van der Waals surface area contributed by atoms with Gasteiger partial charge in [0.05, 0.1) is 25.0 Å². The highest BCUT2D eigenvalue weighted by Crippen LogP contribution is 2.18. The van der Waals surface area contributed by atoms with Crippen LogP contribution in [0.1, 0.15) is 19.4 Å². The molecule has 0 atom stereocenters. The molecule has 0 fully saturated rings. The van der Waals surface area contributed by atoms with Gasteiger partial charge in [-0.3, -0.25) is 4.79 Å². The first-order valence-electron chi connectivity index (χ1n) is 6.61. The van der Waals surface area contributed by atoms with Crippen molar-refractivity contribution < 1.29 is 23.1 Å². The molecule has 0 saturated heterocycles. The predicted molar refractivity (Wildman–Crippen MR) is 78.3 cm³/mol. The molecule has 0 aliphatic heterocycles. The Hall–Kier alpha value is -1.44. The zero-order valence-corrected chi connectivity index (χ0v) is 13.3. The molecule has 7 heteroatoms. The molecule has 118 valence electrons. The molecule has 1 rings (SSSR count). The summed E-state index contributed by atoms with van der Waals surface area (Å²) in [6.45, 7) is 3.30. The molecule has 0 amide bonds. The lowest BCUT2D eigenvalue weighted by molar-refractivity contribution is -0.139. The van der Waals surface area contributed by atoms with Crippen molar-refractivity contribution in [2.75, 3.05) is 20.3 Å². The Labute approximate surface area is 125 Å². The van der Waals surface area contributed by atoms with Crippen LogP contribution in [-0.4, -0.2) is 50.1 Å². The van der Waals surface area contributed by atoms with Gasteiger partial charge in [-0.2, -0.15) is 4.31 Å². The van der Waals surface area contributed by atoms with Crippen molar-refractivity contribution in [3.05, 3.63) is 29.8 Å². The molecule has 0 aliphatic carbocycles. The maximum Gasteiger partial charge on any atom is 0.309 e. The summed E-state index contributed by atoms with van der Waals surface area (Å²) in [6, 6.07) is 5.83. The van der Waals surface area contributed by atoms with Gasteiger partial charge in [0.15, 0.2) is 0 Å².